The van der Waals surface area contributed by atoms with Crippen LogP contribution in [0.5, 0.6) is 0 Å². The summed E-state index contributed by atoms with van der Waals surface area (Å²) >= 11 is 0. The summed E-state index contributed by atoms with van der Waals surface area (Å²) < 4.78 is 0. The van der Waals surface area contributed by atoms with Crippen molar-refractivity contribution in [3.63, 3.8) is 0 Å². The Labute approximate surface area is 161 Å². The normalized spacial score (nSPS) is 18.6. The third-order valence-electron chi connectivity index (χ3n) is 5.68. The number of rotatable bonds is 9. The molecule has 1 aliphatic carbocycles. The van der Waals surface area contributed by atoms with Crippen molar-refractivity contribution in [1.82, 2.24) is 14.7 Å². The Balaban J connectivity index is 1.50. The van der Waals surface area contributed by atoms with Gasteiger partial charge in [-0.1, -0.05) is 37.3 Å². The van der Waals surface area contributed by atoms with Crippen molar-refractivity contribution in [3.05, 3.63) is 35.9 Å². The molecule has 1 saturated heterocycles. The second-order valence-corrected chi connectivity index (χ2v) is 7.70. The maximum absolute atomic E-state index is 12.9. The molecule has 1 heterocycles. The van der Waals surface area contributed by atoms with E-state index >= 15 is 0 Å². The zero-order valence-electron chi connectivity index (χ0n) is 16.2. The molecule has 1 amide bonds. The zero-order chi connectivity index (χ0) is 19.2. The third-order valence-corrected chi connectivity index (χ3v) is 5.68. The van der Waals surface area contributed by atoms with Crippen LogP contribution in [0.15, 0.2) is 30.3 Å². The van der Waals surface area contributed by atoms with Crippen LogP contribution in [0.1, 0.15) is 38.2 Å². The molecule has 0 spiro atoms. The van der Waals surface area contributed by atoms with Crippen molar-refractivity contribution in [2.45, 2.75) is 51.2 Å². The summed E-state index contributed by atoms with van der Waals surface area (Å²) in [5.74, 6) is -0.548. The number of carboxylic acid groups (broad SMARTS) is 1. The molecule has 1 aromatic carbocycles. The lowest BCUT2D eigenvalue weighted by molar-refractivity contribution is -0.139. The molecule has 0 unspecified atom stereocenters. The Morgan fingerprint density at radius 3 is 2.30 bits per heavy atom. The topological polar surface area (TPSA) is 64.1 Å². The highest BCUT2D eigenvalue weighted by atomic mass is 16.4. The average Bonchev–Trinajstić information content (AvgIpc) is 3.50. The lowest BCUT2D eigenvalue weighted by Crippen LogP contribution is -2.49. The molecule has 0 bridgehead atoms. The van der Waals surface area contributed by atoms with Crippen LogP contribution < -0.4 is 0 Å². The van der Waals surface area contributed by atoms with Crippen molar-refractivity contribution in [3.8, 4) is 0 Å². The lowest BCUT2D eigenvalue weighted by atomic mass is 10.0. The second-order valence-electron chi connectivity index (χ2n) is 7.70. The minimum absolute atomic E-state index is 0.104. The Hall–Kier alpha value is -1.92. The van der Waals surface area contributed by atoms with E-state index in [1.54, 1.807) is 0 Å². The van der Waals surface area contributed by atoms with Crippen molar-refractivity contribution in [2.24, 2.45) is 0 Å². The van der Waals surface area contributed by atoms with Crippen molar-refractivity contribution >= 4 is 11.9 Å². The van der Waals surface area contributed by atoms with Gasteiger partial charge < -0.3 is 10.0 Å². The van der Waals surface area contributed by atoms with E-state index in [-0.39, 0.29) is 12.5 Å². The SMILES string of the molecule is CCN(CC(=O)O)C1CCN(CC(=O)N(Cc2ccccc2)C2CC2)CC1. The first-order valence-electron chi connectivity index (χ1n) is 10.1. The fourth-order valence-corrected chi connectivity index (χ4v) is 3.98. The van der Waals surface area contributed by atoms with E-state index in [9.17, 15) is 9.59 Å². The first-order chi connectivity index (χ1) is 13.1. The zero-order valence-corrected chi connectivity index (χ0v) is 16.2. The monoisotopic (exact) mass is 373 g/mol. The van der Waals surface area contributed by atoms with Gasteiger partial charge in [-0.3, -0.25) is 19.4 Å². The Kier molecular flexibility index (Phi) is 6.85. The van der Waals surface area contributed by atoms with Crippen LogP contribution in [0.2, 0.25) is 0 Å². The molecule has 1 N–H and O–H groups in total. The van der Waals surface area contributed by atoms with Gasteiger partial charge in [-0.25, -0.2) is 0 Å². The van der Waals surface area contributed by atoms with E-state index < -0.39 is 5.97 Å². The number of benzene rings is 1. The summed E-state index contributed by atoms with van der Waals surface area (Å²) in [5, 5.41) is 9.05. The van der Waals surface area contributed by atoms with Crippen LogP contribution in [0, 0.1) is 0 Å². The molecule has 0 aromatic heterocycles. The Bertz CT molecular complexity index is 625. The number of amides is 1. The number of hydrogen-bond acceptors (Lipinski definition) is 4. The summed E-state index contributed by atoms with van der Waals surface area (Å²) in [4.78, 5) is 30.2. The predicted molar refractivity (Wildman–Crippen MR) is 104 cm³/mol. The van der Waals surface area contributed by atoms with Crippen LogP contribution in [0.25, 0.3) is 0 Å². The molecule has 1 aliphatic heterocycles. The van der Waals surface area contributed by atoms with E-state index in [4.69, 9.17) is 5.11 Å². The molecular formula is C21H31N3O3. The first-order valence-corrected chi connectivity index (χ1v) is 10.1. The van der Waals surface area contributed by atoms with Crippen LogP contribution in [0.3, 0.4) is 0 Å². The molecule has 6 nitrogen and oxygen atoms in total. The van der Waals surface area contributed by atoms with Crippen molar-refractivity contribution in [2.75, 3.05) is 32.7 Å². The molecule has 2 aliphatic rings. The molecule has 3 rings (SSSR count). The number of carboxylic acids is 1. The largest absolute Gasteiger partial charge is 0.480 e. The molecule has 0 atom stereocenters. The highest BCUT2D eigenvalue weighted by Crippen LogP contribution is 2.29. The first kappa shape index (κ1) is 19.8. The van der Waals surface area contributed by atoms with Gasteiger partial charge in [-0.2, -0.15) is 0 Å². The van der Waals surface area contributed by atoms with E-state index in [2.05, 4.69) is 17.0 Å². The minimum Gasteiger partial charge on any atom is -0.480 e. The van der Waals surface area contributed by atoms with Gasteiger partial charge in [-0.05, 0) is 37.8 Å². The summed E-state index contributed by atoms with van der Waals surface area (Å²) in [7, 11) is 0. The van der Waals surface area contributed by atoms with Crippen LogP contribution in [-0.2, 0) is 16.1 Å². The van der Waals surface area contributed by atoms with Gasteiger partial charge in [0.1, 0.15) is 0 Å². The minimum atomic E-state index is -0.768. The number of hydrogen-bond donors (Lipinski definition) is 1. The van der Waals surface area contributed by atoms with Crippen molar-refractivity contribution in [1.29, 1.82) is 0 Å². The van der Waals surface area contributed by atoms with E-state index in [0.717, 1.165) is 45.3 Å². The highest BCUT2D eigenvalue weighted by molar-refractivity contribution is 5.79. The van der Waals surface area contributed by atoms with Crippen LogP contribution >= 0.6 is 0 Å². The summed E-state index contributed by atoms with van der Waals surface area (Å²) in [6.45, 7) is 5.75. The third kappa shape index (κ3) is 5.78. The Morgan fingerprint density at radius 2 is 1.74 bits per heavy atom. The fourth-order valence-electron chi connectivity index (χ4n) is 3.98. The van der Waals surface area contributed by atoms with Gasteiger partial charge in [0, 0.05) is 31.7 Å². The molecular weight excluding hydrogens is 342 g/mol. The number of likely N-dealkylation sites (N-methyl/N-ethyl adjacent to an activating group) is 1. The lowest BCUT2D eigenvalue weighted by Gasteiger charge is -2.37. The maximum atomic E-state index is 12.9. The van der Waals surface area contributed by atoms with Gasteiger partial charge in [0.15, 0.2) is 0 Å². The van der Waals surface area contributed by atoms with E-state index in [0.29, 0.717) is 25.2 Å². The second kappa shape index (κ2) is 9.33. The van der Waals surface area contributed by atoms with Gasteiger partial charge in [0.05, 0.1) is 13.1 Å². The molecule has 1 aromatic rings. The molecule has 2 fully saturated rings. The number of piperidine rings is 1. The summed E-state index contributed by atoms with van der Waals surface area (Å²) in [6, 6.07) is 10.9. The Morgan fingerprint density at radius 1 is 1.07 bits per heavy atom. The standard InChI is InChI=1S/C21H31N3O3/c1-2-23(16-21(26)27)18-10-12-22(13-11-18)15-20(25)24(19-8-9-19)14-17-6-4-3-5-7-17/h3-7,18-19H,2,8-16H2,1H3,(H,26,27). The summed E-state index contributed by atoms with van der Waals surface area (Å²) in [6.07, 6.45) is 4.08. The van der Waals surface area contributed by atoms with Crippen molar-refractivity contribution < 1.29 is 14.7 Å². The average molecular weight is 373 g/mol. The molecule has 148 valence electrons. The maximum Gasteiger partial charge on any atom is 0.317 e. The number of carbonyl (C=O) groups excluding carboxylic acids is 1. The van der Waals surface area contributed by atoms with Gasteiger partial charge >= 0.3 is 5.97 Å². The molecule has 27 heavy (non-hydrogen) atoms. The number of carbonyl (C=O) groups is 2. The predicted octanol–water partition coefficient (Wildman–Crippen LogP) is 2.05. The van der Waals surface area contributed by atoms with Gasteiger partial charge in [-0.15, -0.1) is 0 Å². The van der Waals surface area contributed by atoms with Gasteiger partial charge in [0.25, 0.3) is 0 Å². The number of aliphatic carboxylic acids is 1. The molecule has 6 heteroatoms. The van der Waals surface area contributed by atoms with Crippen LogP contribution in [-0.4, -0.2) is 76.5 Å². The summed E-state index contributed by atoms with van der Waals surface area (Å²) in [5.41, 5.74) is 1.18. The molecule has 1 saturated carbocycles. The number of likely N-dealkylation sites (tertiary alicyclic amines) is 1. The van der Waals surface area contributed by atoms with E-state index in [1.807, 2.05) is 34.9 Å². The molecule has 0 radical (unpaired) electrons. The van der Waals surface area contributed by atoms with Crippen LogP contribution in [0.4, 0.5) is 0 Å². The van der Waals surface area contributed by atoms with E-state index in [1.165, 1.54) is 5.56 Å². The number of nitrogens with zero attached hydrogens (tertiary/aromatic N) is 3. The van der Waals surface area contributed by atoms with Gasteiger partial charge in [0.2, 0.25) is 5.91 Å². The fraction of sp³-hybridized carbons (Fsp3) is 0.619. The highest BCUT2D eigenvalue weighted by Gasteiger charge is 2.34. The smallest absolute Gasteiger partial charge is 0.317 e. The quantitative estimate of drug-likeness (QED) is 0.718.